The summed E-state index contributed by atoms with van der Waals surface area (Å²) in [5.74, 6) is 1.03. The van der Waals surface area contributed by atoms with E-state index in [1.807, 2.05) is 0 Å². The molecular weight excluding hydrogens is 320 g/mol. The molecule has 5 heteroatoms. The molecule has 1 aromatic heterocycles. The first-order chi connectivity index (χ1) is 9.60. The van der Waals surface area contributed by atoms with E-state index in [2.05, 4.69) is 33.2 Å². The van der Waals surface area contributed by atoms with E-state index < -0.39 is 5.97 Å². The second-order valence-corrected chi connectivity index (χ2v) is 6.45. The molecule has 0 saturated heterocycles. The Bertz CT molecular complexity index is 471. The zero-order valence-corrected chi connectivity index (χ0v) is 13.3. The molecule has 2 N–H and O–H groups in total. The summed E-state index contributed by atoms with van der Waals surface area (Å²) in [6.07, 6.45) is 7.94. The van der Waals surface area contributed by atoms with E-state index in [9.17, 15) is 9.90 Å². The summed E-state index contributed by atoms with van der Waals surface area (Å²) in [6, 6.07) is 1.59. The number of rotatable bonds is 5. The minimum Gasteiger partial charge on any atom is -0.478 e. The number of halogens is 1. The molecule has 0 bridgehead atoms. The number of nitrogens with one attached hydrogen (secondary N) is 1. The smallest absolute Gasteiger partial charge is 0.339 e. The molecule has 20 heavy (non-hydrogen) atoms. The van der Waals surface area contributed by atoms with Crippen LogP contribution in [0.25, 0.3) is 0 Å². The molecule has 110 valence electrons. The number of anilines is 1. The fourth-order valence-corrected chi connectivity index (χ4v) is 3.16. The summed E-state index contributed by atoms with van der Waals surface area (Å²) in [5.41, 5.74) is 0.224. The minimum atomic E-state index is -0.948. The van der Waals surface area contributed by atoms with Crippen LogP contribution in [0.15, 0.2) is 16.7 Å². The van der Waals surface area contributed by atoms with Gasteiger partial charge in [0.1, 0.15) is 11.4 Å². The van der Waals surface area contributed by atoms with Crippen LogP contribution in [0.5, 0.6) is 0 Å². The van der Waals surface area contributed by atoms with Crippen molar-refractivity contribution in [1.29, 1.82) is 0 Å². The third-order valence-corrected chi connectivity index (χ3v) is 4.62. The van der Waals surface area contributed by atoms with Crippen LogP contribution in [0.4, 0.5) is 5.82 Å². The van der Waals surface area contributed by atoms with Crippen LogP contribution in [0.1, 0.15) is 49.4 Å². The predicted molar refractivity (Wildman–Crippen MR) is 83.1 cm³/mol. The number of carboxylic acids is 1. The van der Waals surface area contributed by atoms with Gasteiger partial charge in [-0.1, -0.05) is 26.2 Å². The fraction of sp³-hybridized carbons (Fsp3) is 0.600. The van der Waals surface area contributed by atoms with Crippen LogP contribution in [0, 0.1) is 11.8 Å². The Morgan fingerprint density at radius 1 is 1.40 bits per heavy atom. The van der Waals surface area contributed by atoms with Crippen molar-refractivity contribution < 1.29 is 9.90 Å². The molecule has 1 aliphatic rings. The molecule has 0 spiro atoms. The number of hydrogen-bond acceptors (Lipinski definition) is 3. The molecule has 1 fully saturated rings. The van der Waals surface area contributed by atoms with Crippen molar-refractivity contribution in [3.8, 4) is 0 Å². The van der Waals surface area contributed by atoms with E-state index in [1.54, 1.807) is 12.3 Å². The van der Waals surface area contributed by atoms with Crippen LogP contribution in [0.2, 0.25) is 0 Å². The van der Waals surface area contributed by atoms with Gasteiger partial charge in [0.2, 0.25) is 0 Å². The van der Waals surface area contributed by atoms with E-state index in [0.717, 1.165) is 12.5 Å². The molecule has 0 amide bonds. The van der Waals surface area contributed by atoms with Gasteiger partial charge in [-0.2, -0.15) is 0 Å². The maximum Gasteiger partial charge on any atom is 0.339 e. The van der Waals surface area contributed by atoms with E-state index >= 15 is 0 Å². The number of carboxylic acid groups (broad SMARTS) is 1. The molecule has 4 nitrogen and oxygen atoms in total. The van der Waals surface area contributed by atoms with Crippen LogP contribution in [0.3, 0.4) is 0 Å². The lowest BCUT2D eigenvalue weighted by molar-refractivity contribution is 0.0697. The lowest BCUT2D eigenvalue weighted by Crippen LogP contribution is -2.22. The second-order valence-electron chi connectivity index (χ2n) is 5.53. The second kappa shape index (κ2) is 7.07. The van der Waals surface area contributed by atoms with Crippen molar-refractivity contribution in [2.45, 2.75) is 39.0 Å². The number of aromatic carboxylic acids is 1. The van der Waals surface area contributed by atoms with Gasteiger partial charge in [-0.15, -0.1) is 0 Å². The average Bonchev–Trinajstić information content (AvgIpc) is 2.46. The van der Waals surface area contributed by atoms with Gasteiger partial charge in [0, 0.05) is 17.2 Å². The molecule has 2 rings (SSSR count). The molecule has 1 aromatic rings. The van der Waals surface area contributed by atoms with E-state index in [4.69, 9.17) is 0 Å². The van der Waals surface area contributed by atoms with Gasteiger partial charge in [-0.3, -0.25) is 0 Å². The Morgan fingerprint density at radius 2 is 2.05 bits per heavy atom. The highest BCUT2D eigenvalue weighted by Gasteiger charge is 2.20. The zero-order valence-electron chi connectivity index (χ0n) is 11.7. The summed E-state index contributed by atoms with van der Waals surface area (Å²) in [5, 5.41) is 12.4. The number of carbonyl (C=O) groups is 1. The highest BCUT2D eigenvalue weighted by Crippen LogP contribution is 2.30. The van der Waals surface area contributed by atoms with Crippen LogP contribution < -0.4 is 5.32 Å². The zero-order chi connectivity index (χ0) is 14.5. The van der Waals surface area contributed by atoms with Crippen molar-refractivity contribution in [3.63, 3.8) is 0 Å². The Labute approximate surface area is 128 Å². The van der Waals surface area contributed by atoms with Crippen molar-refractivity contribution in [1.82, 2.24) is 4.98 Å². The standard InChI is InChI=1S/C15H21BrN2O2/c1-2-10-3-5-11(6-4-10)8-17-14-13(15(19)20)7-12(16)9-18-14/h7,9-11H,2-6,8H2,1H3,(H,17,18)(H,19,20). The van der Waals surface area contributed by atoms with Gasteiger partial charge in [-0.25, -0.2) is 9.78 Å². The Morgan fingerprint density at radius 3 is 2.65 bits per heavy atom. The topological polar surface area (TPSA) is 62.2 Å². The van der Waals surface area contributed by atoms with E-state index in [-0.39, 0.29) is 5.56 Å². The van der Waals surface area contributed by atoms with E-state index in [1.165, 1.54) is 32.1 Å². The number of pyridine rings is 1. The summed E-state index contributed by atoms with van der Waals surface area (Å²) in [4.78, 5) is 15.4. The third-order valence-electron chi connectivity index (χ3n) is 4.19. The van der Waals surface area contributed by atoms with Crippen LogP contribution in [-0.2, 0) is 0 Å². The number of hydrogen-bond donors (Lipinski definition) is 2. The molecule has 1 saturated carbocycles. The Balaban J connectivity index is 1.93. The summed E-state index contributed by atoms with van der Waals surface area (Å²) >= 11 is 3.25. The van der Waals surface area contributed by atoms with E-state index in [0.29, 0.717) is 16.2 Å². The van der Waals surface area contributed by atoms with Gasteiger partial charge >= 0.3 is 5.97 Å². The maximum absolute atomic E-state index is 11.2. The van der Waals surface area contributed by atoms with Crippen molar-refractivity contribution in [3.05, 3.63) is 22.3 Å². The predicted octanol–water partition coefficient (Wildman–Crippen LogP) is 4.17. The summed E-state index contributed by atoms with van der Waals surface area (Å²) in [7, 11) is 0. The fourth-order valence-electron chi connectivity index (χ4n) is 2.83. The number of nitrogens with zero attached hydrogens (tertiary/aromatic N) is 1. The first-order valence-electron chi connectivity index (χ1n) is 7.22. The molecule has 1 aliphatic carbocycles. The third kappa shape index (κ3) is 3.95. The average molecular weight is 341 g/mol. The minimum absolute atomic E-state index is 0.224. The van der Waals surface area contributed by atoms with Gasteiger partial charge in [-0.05, 0) is 46.7 Å². The molecule has 0 aliphatic heterocycles. The quantitative estimate of drug-likeness (QED) is 0.844. The first kappa shape index (κ1) is 15.3. The molecule has 0 unspecified atom stereocenters. The lowest BCUT2D eigenvalue weighted by Gasteiger charge is -2.28. The monoisotopic (exact) mass is 340 g/mol. The lowest BCUT2D eigenvalue weighted by atomic mass is 9.81. The highest BCUT2D eigenvalue weighted by molar-refractivity contribution is 9.10. The molecule has 0 radical (unpaired) electrons. The van der Waals surface area contributed by atoms with Crippen LogP contribution in [-0.4, -0.2) is 22.6 Å². The normalized spacial score (nSPS) is 22.5. The summed E-state index contributed by atoms with van der Waals surface area (Å²) in [6.45, 7) is 3.07. The Hall–Kier alpha value is -1.10. The molecule has 0 atom stereocenters. The maximum atomic E-state index is 11.2. The molecular formula is C15H21BrN2O2. The Kier molecular flexibility index (Phi) is 5.40. The molecule has 0 aromatic carbocycles. The van der Waals surface area contributed by atoms with Gasteiger partial charge in [0.05, 0.1) is 0 Å². The first-order valence-corrected chi connectivity index (χ1v) is 8.02. The van der Waals surface area contributed by atoms with Crippen molar-refractivity contribution >= 4 is 27.7 Å². The van der Waals surface area contributed by atoms with Crippen molar-refractivity contribution in [2.75, 3.05) is 11.9 Å². The number of aromatic nitrogens is 1. The van der Waals surface area contributed by atoms with Crippen LogP contribution >= 0.6 is 15.9 Å². The van der Waals surface area contributed by atoms with Gasteiger partial charge < -0.3 is 10.4 Å². The highest BCUT2D eigenvalue weighted by atomic mass is 79.9. The van der Waals surface area contributed by atoms with Gasteiger partial charge in [0.15, 0.2) is 0 Å². The summed E-state index contributed by atoms with van der Waals surface area (Å²) < 4.78 is 0.684. The SMILES string of the molecule is CCC1CCC(CNc2ncc(Br)cc2C(=O)O)CC1. The van der Waals surface area contributed by atoms with Gasteiger partial charge in [0.25, 0.3) is 0 Å². The van der Waals surface area contributed by atoms with Crippen molar-refractivity contribution in [2.24, 2.45) is 11.8 Å². The largest absolute Gasteiger partial charge is 0.478 e. The molecule has 1 heterocycles.